The van der Waals surface area contributed by atoms with E-state index in [9.17, 15) is 4.79 Å². The molecule has 1 atom stereocenters. The molecule has 5 heteroatoms. The first kappa shape index (κ1) is 21.9. The van der Waals surface area contributed by atoms with Crippen LogP contribution >= 0.6 is 0 Å². The van der Waals surface area contributed by atoms with Gasteiger partial charge in [-0.3, -0.25) is 4.79 Å². The highest BCUT2D eigenvalue weighted by molar-refractivity contribution is 5.94. The predicted molar refractivity (Wildman–Crippen MR) is 118 cm³/mol. The molecule has 1 fully saturated rings. The van der Waals surface area contributed by atoms with Crippen LogP contribution < -0.4 is 9.47 Å². The third kappa shape index (κ3) is 5.63. The first-order valence-electron chi connectivity index (χ1n) is 10.4. The Hall–Kier alpha value is -2.79. The van der Waals surface area contributed by atoms with E-state index in [4.69, 9.17) is 14.2 Å². The summed E-state index contributed by atoms with van der Waals surface area (Å²) in [6, 6.07) is 11.8. The van der Waals surface area contributed by atoms with Gasteiger partial charge in [0.1, 0.15) is 6.61 Å². The van der Waals surface area contributed by atoms with Crippen molar-refractivity contribution in [2.24, 2.45) is 0 Å². The molecule has 1 aliphatic heterocycles. The molecule has 3 rings (SSSR count). The van der Waals surface area contributed by atoms with E-state index in [2.05, 4.69) is 12.6 Å². The highest BCUT2D eigenvalue weighted by Crippen LogP contribution is 2.29. The maximum absolute atomic E-state index is 13.4. The number of methoxy groups -OCH3 is 1. The van der Waals surface area contributed by atoms with Crippen molar-refractivity contribution in [3.05, 3.63) is 71.3 Å². The number of hydrogen-bond donors (Lipinski definition) is 0. The zero-order chi connectivity index (χ0) is 21.5. The van der Waals surface area contributed by atoms with Gasteiger partial charge in [-0.05, 0) is 56.5 Å². The Bertz CT molecular complexity index is 866. The van der Waals surface area contributed by atoms with Crippen LogP contribution in [0.1, 0.15) is 39.9 Å². The van der Waals surface area contributed by atoms with Crippen LogP contribution in [-0.4, -0.2) is 43.8 Å². The summed E-state index contributed by atoms with van der Waals surface area (Å²) in [6.45, 7) is 9.93. The molecule has 0 radical (unpaired) electrons. The zero-order valence-corrected chi connectivity index (χ0v) is 18.1. The number of nitrogens with zero attached hydrogens (tertiary/aromatic N) is 1. The lowest BCUT2D eigenvalue weighted by Gasteiger charge is -2.26. The maximum Gasteiger partial charge on any atom is 0.254 e. The normalized spacial score (nSPS) is 15.6. The van der Waals surface area contributed by atoms with Gasteiger partial charge in [0.25, 0.3) is 5.91 Å². The first-order valence-corrected chi connectivity index (χ1v) is 10.4. The molecule has 2 aromatic carbocycles. The second kappa shape index (κ2) is 10.3. The molecule has 1 amide bonds. The van der Waals surface area contributed by atoms with E-state index in [1.165, 1.54) is 0 Å². The summed E-state index contributed by atoms with van der Waals surface area (Å²) in [5, 5.41) is 0. The third-order valence-corrected chi connectivity index (χ3v) is 5.16. The second-order valence-electron chi connectivity index (χ2n) is 7.78. The van der Waals surface area contributed by atoms with Crippen molar-refractivity contribution in [1.29, 1.82) is 0 Å². The van der Waals surface area contributed by atoms with Crippen LogP contribution in [0.25, 0.3) is 0 Å². The number of carbonyl (C=O) groups excluding carboxylic acids is 1. The lowest BCUT2D eigenvalue weighted by atomic mass is 10.1. The van der Waals surface area contributed by atoms with Gasteiger partial charge < -0.3 is 19.1 Å². The fraction of sp³-hybridized carbons (Fsp3) is 0.400. The van der Waals surface area contributed by atoms with E-state index >= 15 is 0 Å². The Morgan fingerprint density at radius 2 is 1.97 bits per heavy atom. The smallest absolute Gasteiger partial charge is 0.254 e. The van der Waals surface area contributed by atoms with Crippen molar-refractivity contribution in [3.8, 4) is 11.5 Å². The van der Waals surface area contributed by atoms with Gasteiger partial charge in [-0.1, -0.05) is 35.9 Å². The van der Waals surface area contributed by atoms with Gasteiger partial charge in [-0.25, -0.2) is 0 Å². The molecule has 1 unspecified atom stereocenters. The number of ether oxygens (including phenoxy) is 3. The van der Waals surface area contributed by atoms with Crippen molar-refractivity contribution >= 4 is 5.91 Å². The number of carbonyl (C=O) groups is 1. The van der Waals surface area contributed by atoms with Gasteiger partial charge in [0.15, 0.2) is 11.5 Å². The molecule has 1 saturated heterocycles. The Morgan fingerprint density at radius 3 is 2.60 bits per heavy atom. The van der Waals surface area contributed by atoms with Crippen LogP contribution in [0.5, 0.6) is 11.5 Å². The Morgan fingerprint density at radius 1 is 1.20 bits per heavy atom. The van der Waals surface area contributed by atoms with Crippen LogP contribution in [0.2, 0.25) is 0 Å². The van der Waals surface area contributed by atoms with Gasteiger partial charge in [0.05, 0.1) is 13.2 Å². The molecule has 2 aromatic rings. The lowest BCUT2D eigenvalue weighted by Crippen LogP contribution is -2.37. The number of aryl methyl sites for hydroxylation is 2. The number of hydrogen-bond acceptors (Lipinski definition) is 4. The van der Waals surface area contributed by atoms with Crippen LogP contribution in [-0.2, 0) is 11.3 Å². The standard InChI is InChI=1S/C25H31NO4/c1-5-10-30-23-9-8-20(15-24(23)28-4)16-26(17-22-7-6-11-29-22)25(27)21-13-18(2)12-19(3)14-21/h5,8-9,12-15,22H,1,6-7,10-11,16-17H2,2-4H3. The van der Waals surface area contributed by atoms with Crippen molar-refractivity contribution in [2.75, 3.05) is 26.9 Å². The van der Waals surface area contributed by atoms with Gasteiger partial charge in [-0.2, -0.15) is 0 Å². The number of benzene rings is 2. The minimum atomic E-state index is 0.0169. The highest BCUT2D eigenvalue weighted by Gasteiger charge is 2.24. The highest BCUT2D eigenvalue weighted by atomic mass is 16.5. The summed E-state index contributed by atoms with van der Waals surface area (Å²) in [4.78, 5) is 15.3. The van der Waals surface area contributed by atoms with E-state index in [-0.39, 0.29) is 12.0 Å². The van der Waals surface area contributed by atoms with Crippen LogP contribution in [0.4, 0.5) is 0 Å². The van der Waals surface area contributed by atoms with Gasteiger partial charge >= 0.3 is 0 Å². The fourth-order valence-electron chi connectivity index (χ4n) is 3.83. The molecule has 0 saturated carbocycles. The van der Waals surface area contributed by atoms with Gasteiger partial charge in [0.2, 0.25) is 0 Å². The monoisotopic (exact) mass is 409 g/mol. The molecular formula is C25H31NO4. The molecule has 0 aromatic heterocycles. The lowest BCUT2D eigenvalue weighted by molar-refractivity contribution is 0.0507. The minimum Gasteiger partial charge on any atom is -0.493 e. The molecular weight excluding hydrogens is 378 g/mol. The summed E-state index contributed by atoms with van der Waals surface area (Å²) in [5.74, 6) is 1.32. The Labute approximate surface area is 179 Å². The predicted octanol–water partition coefficient (Wildman–Crippen LogP) is 4.70. The van der Waals surface area contributed by atoms with Crippen molar-refractivity contribution in [2.45, 2.75) is 39.3 Å². The largest absolute Gasteiger partial charge is 0.493 e. The van der Waals surface area contributed by atoms with E-state index < -0.39 is 0 Å². The Balaban J connectivity index is 1.84. The molecule has 0 spiro atoms. The molecule has 1 heterocycles. The topological polar surface area (TPSA) is 48.0 Å². The van der Waals surface area contributed by atoms with Crippen LogP contribution in [0.3, 0.4) is 0 Å². The maximum atomic E-state index is 13.4. The van der Waals surface area contributed by atoms with Gasteiger partial charge in [0, 0.05) is 25.3 Å². The Kier molecular flexibility index (Phi) is 7.52. The van der Waals surface area contributed by atoms with Crippen molar-refractivity contribution in [1.82, 2.24) is 4.90 Å². The van der Waals surface area contributed by atoms with E-state index in [1.54, 1.807) is 13.2 Å². The van der Waals surface area contributed by atoms with Gasteiger partial charge in [-0.15, -0.1) is 0 Å². The number of amides is 1. The molecule has 160 valence electrons. The SMILES string of the molecule is C=CCOc1ccc(CN(CC2CCCO2)C(=O)c2cc(C)cc(C)c2)cc1OC. The summed E-state index contributed by atoms with van der Waals surface area (Å²) >= 11 is 0. The minimum absolute atomic E-state index is 0.0169. The van der Waals surface area contributed by atoms with Crippen LogP contribution in [0, 0.1) is 13.8 Å². The molecule has 0 aliphatic carbocycles. The third-order valence-electron chi connectivity index (χ3n) is 5.16. The van der Waals surface area contributed by atoms with Crippen molar-refractivity contribution < 1.29 is 19.0 Å². The summed E-state index contributed by atoms with van der Waals surface area (Å²) in [6.07, 6.45) is 3.80. The molecule has 5 nitrogen and oxygen atoms in total. The van der Waals surface area contributed by atoms with E-state index in [0.717, 1.165) is 36.1 Å². The van der Waals surface area contributed by atoms with E-state index in [0.29, 0.717) is 36.8 Å². The fourth-order valence-corrected chi connectivity index (χ4v) is 3.83. The second-order valence-corrected chi connectivity index (χ2v) is 7.78. The summed E-state index contributed by atoms with van der Waals surface area (Å²) < 4.78 is 16.9. The molecule has 30 heavy (non-hydrogen) atoms. The zero-order valence-electron chi connectivity index (χ0n) is 18.1. The first-order chi connectivity index (χ1) is 14.5. The molecule has 0 bridgehead atoms. The van der Waals surface area contributed by atoms with Crippen molar-refractivity contribution in [3.63, 3.8) is 0 Å². The summed E-state index contributed by atoms with van der Waals surface area (Å²) in [5.41, 5.74) is 3.86. The quantitative estimate of drug-likeness (QED) is 0.564. The molecule has 0 N–H and O–H groups in total. The summed E-state index contributed by atoms with van der Waals surface area (Å²) in [7, 11) is 1.62. The average molecular weight is 410 g/mol. The van der Waals surface area contributed by atoms with Crippen LogP contribution in [0.15, 0.2) is 49.1 Å². The number of rotatable bonds is 9. The average Bonchev–Trinajstić information content (AvgIpc) is 3.24. The van der Waals surface area contributed by atoms with E-state index in [1.807, 2.05) is 49.1 Å². The molecule has 1 aliphatic rings.